The lowest BCUT2D eigenvalue weighted by molar-refractivity contribution is -0.274. The van der Waals surface area contributed by atoms with Gasteiger partial charge in [0.25, 0.3) is 0 Å². The summed E-state index contributed by atoms with van der Waals surface area (Å²) in [6.45, 7) is 4.19. The predicted octanol–water partition coefficient (Wildman–Crippen LogP) is 7.38. The lowest BCUT2D eigenvalue weighted by Crippen LogP contribution is -2.19. The van der Waals surface area contributed by atoms with E-state index in [-0.39, 0.29) is 11.7 Å². The van der Waals surface area contributed by atoms with Crippen molar-refractivity contribution in [2.75, 3.05) is 11.9 Å². The predicted molar refractivity (Wildman–Crippen MR) is 109 cm³/mol. The van der Waals surface area contributed by atoms with Crippen LogP contribution < -0.4 is 9.64 Å². The number of ether oxygens (including phenoxy) is 1. The molecule has 0 aliphatic carbocycles. The highest BCUT2D eigenvalue weighted by Crippen LogP contribution is 2.42. The molecule has 0 fully saturated rings. The van der Waals surface area contributed by atoms with E-state index in [9.17, 15) is 13.2 Å². The first-order valence-electron chi connectivity index (χ1n) is 9.29. The van der Waals surface area contributed by atoms with Crippen molar-refractivity contribution in [3.63, 3.8) is 0 Å². The number of nitrogens with zero attached hydrogens (tertiary/aromatic N) is 1. The van der Waals surface area contributed by atoms with Crippen molar-refractivity contribution in [1.82, 2.24) is 0 Å². The van der Waals surface area contributed by atoms with Crippen molar-refractivity contribution in [2.45, 2.75) is 26.1 Å². The molecule has 0 aliphatic rings. The van der Waals surface area contributed by atoms with Crippen molar-refractivity contribution in [3.8, 4) is 5.75 Å². The smallest absolute Gasteiger partial charge is 0.454 e. The average molecular weight is 399 g/mol. The Balaban J connectivity index is 1.89. The highest BCUT2D eigenvalue weighted by Gasteiger charge is 2.32. The minimum absolute atomic E-state index is 0.265. The van der Waals surface area contributed by atoms with Crippen LogP contribution in [0.25, 0.3) is 21.9 Å². The minimum atomic E-state index is -4.77. The zero-order chi connectivity index (χ0) is 20.8. The first kappa shape index (κ1) is 19.2. The molecule has 0 atom stereocenters. The highest BCUT2D eigenvalue weighted by atomic mass is 19.4. The molecular weight excluding hydrogens is 379 g/mol. The van der Waals surface area contributed by atoms with Crippen molar-refractivity contribution < 1.29 is 22.3 Å². The van der Waals surface area contributed by atoms with Crippen molar-refractivity contribution >= 4 is 33.3 Å². The van der Waals surface area contributed by atoms with Gasteiger partial charge in [0.15, 0.2) is 11.3 Å². The molecule has 4 aromatic rings. The molecule has 0 aliphatic heterocycles. The van der Waals surface area contributed by atoms with Crippen LogP contribution in [-0.2, 0) is 0 Å². The normalized spacial score (nSPS) is 12.1. The Hall–Kier alpha value is -3.15. The molecule has 1 aromatic heterocycles. The minimum Gasteiger partial charge on any atom is -0.454 e. The number of anilines is 2. The van der Waals surface area contributed by atoms with Gasteiger partial charge in [-0.2, -0.15) is 0 Å². The Kier molecular flexibility index (Phi) is 4.65. The summed E-state index contributed by atoms with van der Waals surface area (Å²) in [5.74, 6) is 0.0137. The maximum absolute atomic E-state index is 12.8. The van der Waals surface area contributed by atoms with E-state index >= 15 is 0 Å². The second-order valence-electron chi connectivity index (χ2n) is 7.21. The van der Waals surface area contributed by atoms with Crippen LogP contribution >= 0.6 is 0 Å². The second kappa shape index (κ2) is 7.03. The van der Waals surface area contributed by atoms with Crippen LogP contribution in [0.15, 0.2) is 65.1 Å². The zero-order valence-corrected chi connectivity index (χ0v) is 16.2. The Bertz CT molecular complexity index is 1180. The quantitative estimate of drug-likeness (QED) is 0.358. The van der Waals surface area contributed by atoms with Crippen LogP contribution in [0.4, 0.5) is 24.5 Å². The fraction of sp³-hybridized carbons (Fsp3) is 0.217. The van der Waals surface area contributed by atoms with Crippen molar-refractivity contribution in [1.29, 1.82) is 0 Å². The Labute approximate surface area is 166 Å². The Morgan fingerprint density at radius 2 is 1.45 bits per heavy atom. The van der Waals surface area contributed by atoms with Gasteiger partial charge < -0.3 is 14.1 Å². The van der Waals surface area contributed by atoms with Crippen LogP contribution in [0, 0.1) is 0 Å². The van der Waals surface area contributed by atoms with Crippen LogP contribution in [0.3, 0.4) is 0 Å². The van der Waals surface area contributed by atoms with Gasteiger partial charge in [-0.25, -0.2) is 0 Å². The molecule has 0 radical (unpaired) electrons. The molecule has 6 heteroatoms. The van der Waals surface area contributed by atoms with E-state index in [4.69, 9.17) is 4.42 Å². The SMILES string of the molecule is CC(C)c1cccc2c1oc1c(N(C)c3ccccc3OC(F)(F)F)cccc12. The number of hydrogen-bond acceptors (Lipinski definition) is 3. The molecule has 3 nitrogen and oxygen atoms in total. The summed E-state index contributed by atoms with van der Waals surface area (Å²) in [4.78, 5) is 1.65. The third-order valence-corrected chi connectivity index (χ3v) is 4.97. The molecule has 1 heterocycles. The molecule has 0 saturated heterocycles. The molecule has 3 aromatic carbocycles. The third-order valence-electron chi connectivity index (χ3n) is 4.97. The average Bonchev–Trinajstić information content (AvgIpc) is 3.05. The van der Waals surface area contributed by atoms with Gasteiger partial charge >= 0.3 is 6.36 Å². The van der Waals surface area contributed by atoms with Crippen molar-refractivity contribution in [2.24, 2.45) is 0 Å². The number of para-hydroxylation sites is 4. The maximum Gasteiger partial charge on any atom is 0.573 e. The summed E-state index contributed by atoms with van der Waals surface area (Å²) < 4.78 is 49.0. The molecule has 0 bridgehead atoms. The summed E-state index contributed by atoms with van der Waals surface area (Å²) in [5.41, 5.74) is 3.47. The highest BCUT2D eigenvalue weighted by molar-refractivity contribution is 6.10. The number of furan rings is 1. The van der Waals surface area contributed by atoms with Gasteiger partial charge in [-0.15, -0.1) is 13.2 Å². The number of fused-ring (bicyclic) bond motifs is 3. The monoisotopic (exact) mass is 399 g/mol. The lowest BCUT2D eigenvalue weighted by atomic mass is 10.0. The Morgan fingerprint density at radius 3 is 2.14 bits per heavy atom. The fourth-order valence-corrected chi connectivity index (χ4v) is 3.62. The number of halogens is 3. The van der Waals surface area contributed by atoms with Gasteiger partial charge in [0.1, 0.15) is 5.58 Å². The van der Waals surface area contributed by atoms with E-state index in [1.807, 2.05) is 36.4 Å². The van der Waals surface area contributed by atoms with Gasteiger partial charge in [0.05, 0.1) is 11.4 Å². The second-order valence-corrected chi connectivity index (χ2v) is 7.21. The van der Waals surface area contributed by atoms with Gasteiger partial charge in [-0.3, -0.25) is 0 Å². The van der Waals surface area contributed by atoms with E-state index in [1.165, 1.54) is 12.1 Å². The summed E-state index contributed by atoms with van der Waals surface area (Å²) in [7, 11) is 1.70. The fourth-order valence-electron chi connectivity index (χ4n) is 3.62. The zero-order valence-electron chi connectivity index (χ0n) is 16.2. The van der Waals surface area contributed by atoms with E-state index in [0.29, 0.717) is 17.0 Å². The first-order valence-corrected chi connectivity index (χ1v) is 9.29. The molecule has 0 unspecified atom stereocenters. The van der Waals surface area contributed by atoms with Gasteiger partial charge in [-0.1, -0.05) is 56.3 Å². The number of alkyl halides is 3. The maximum atomic E-state index is 12.8. The van der Waals surface area contributed by atoms with Gasteiger partial charge in [0.2, 0.25) is 0 Å². The number of hydrogen-bond donors (Lipinski definition) is 0. The van der Waals surface area contributed by atoms with E-state index < -0.39 is 6.36 Å². The largest absolute Gasteiger partial charge is 0.573 e. The molecule has 0 spiro atoms. The van der Waals surface area contributed by atoms with E-state index in [2.05, 4.69) is 18.6 Å². The first-order chi connectivity index (χ1) is 13.8. The molecule has 0 N–H and O–H groups in total. The van der Waals surface area contributed by atoms with Crippen LogP contribution in [-0.4, -0.2) is 13.4 Å². The summed E-state index contributed by atoms with van der Waals surface area (Å²) in [6.07, 6.45) is -4.77. The summed E-state index contributed by atoms with van der Waals surface area (Å²) in [6, 6.07) is 17.7. The molecule has 150 valence electrons. The standard InChI is InChI=1S/C23H20F3NO2/c1-14(2)15-8-6-9-16-17-10-7-12-19(22(17)28-21(15)16)27(3)18-11-4-5-13-20(18)29-23(24,25)26/h4-14H,1-3H3. The van der Waals surface area contributed by atoms with Crippen LogP contribution in [0.5, 0.6) is 5.75 Å². The van der Waals surface area contributed by atoms with Crippen LogP contribution in [0.2, 0.25) is 0 Å². The van der Waals surface area contributed by atoms with Crippen molar-refractivity contribution in [3.05, 3.63) is 66.2 Å². The third kappa shape index (κ3) is 3.50. The molecule has 0 amide bonds. The molecule has 4 rings (SSSR count). The van der Waals surface area contributed by atoms with Gasteiger partial charge in [0, 0.05) is 17.8 Å². The van der Waals surface area contributed by atoms with Gasteiger partial charge in [-0.05, 0) is 29.7 Å². The molecule has 29 heavy (non-hydrogen) atoms. The van der Waals surface area contributed by atoms with Crippen LogP contribution in [0.1, 0.15) is 25.3 Å². The number of benzene rings is 3. The number of rotatable bonds is 4. The summed E-state index contributed by atoms with van der Waals surface area (Å²) in [5, 5.41) is 1.90. The topological polar surface area (TPSA) is 25.6 Å². The molecular formula is C23H20F3NO2. The summed E-state index contributed by atoms with van der Waals surface area (Å²) >= 11 is 0. The van der Waals surface area contributed by atoms with E-state index in [1.54, 1.807) is 24.1 Å². The molecule has 0 saturated carbocycles. The Morgan fingerprint density at radius 1 is 0.828 bits per heavy atom. The van der Waals surface area contributed by atoms with E-state index in [0.717, 1.165) is 21.9 Å². The lowest BCUT2D eigenvalue weighted by Gasteiger charge is -2.23.